The summed E-state index contributed by atoms with van der Waals surface area (Å²) in [4.78, 5) is 10.0. The van der Waals surface area contributed by atoms with Gasteiger partial charge >= 0.3 is 0 Å². The van der Waals surface area contributed by atoms with Crippen LogP contribution in [0.3, 0.4) is 0 Å². The number of nitrogens with zero attached hydrogens (tertiary/aromatic N) is 1. The Kier molecular flexibility index (Phi) is 4.94. The minimum absolute atomic E-state index is 0.0214. The van der Waals surface area contributed by atoms with E-state index in [1.165, 1.54) is 24.3 Å². The number of hydrogen-bond acceptors (Lipinski definition) is 4. The van der Waals surface area contributed by atoms with Crippen molar-refractivity contribution in [1.82, 2.24) is 0 Å². The van der Waals surface area contributed by atoms with Crippen molar-refractivity contribution in [3.63, 3.8) is 0 Å². The van der Waals surface area contributed by atoms with Crippen molar-refractivity contribution in [3.05, 3.63) is 64.2 Å². The van der Waals surface area contributed by atoms with Crippen molar-refractivity contribution in [2.24, 2.45) is 5.41 Å². The lowest BCUT2D eigenvalue weighted by atomic mass is 9.88. The molecule has 128 valence electrons. The van der Waals surface area contributed by atoms with Gasteiger partial charge in [-0.2, -0.15) is 0 Å². The topological polar surface area (TPSA) is 89.3 Å². The van der Waals surface area contributed by atoms with E-state index in [-0.39, 0.29) is 16.0 Å². The molecule has 6 nitrogen and oxygen atoms in total. The van der Waals surface area contributed by atoms with Crippen LogP contribution in [0.15, 0.2) is 53.4 Å². The van der Waals surface area contributed by atoms with Crippen LogP contribution in [0, 0.1) is 15.5 Å². The molecule has 0 amide bonds. The molecule has 2 aromatic rings. The molecule has 0 bridgehead atoms. The van der Waals surface area contributed by atoms with E-state index in [9.17, 15) is 18.5 Å². The van der Waals surface area contributed by atoms with Gasteiger partial charge in [-0.3, -0.25) is 14.8 Å². The normalized spacial score (nSPS) is 12.0. The first-order chi connectivity index (χ1) is 11.1. The van der Waals surface area contributed by atoms with Crippen molar-refractivity contribution in [3.8, 4) is 0 Å². The fraction of sp³-hybridized carbons (Fsp3) is 0.294. The van der Waals surface area contributed by atoms with Crippen LogP contribution in [-0.4, -0.2) is 13.3 Å². The maximum Gasteiger partial charge on any atom is 0.269 e. The molecule has 0 fully saturated rings. The molecule has 0 heterocycles. The summed E-state index contributed by atoms with van der Waals surface area (Å²) in [7, 11) is -3.78. The van der Waals surface area contributed by atoms with Crippen LogP contribution in [0.4, 0.5) is 11.4 Å². The van der Waals surface area contributed by atoms with Crippen molar-refractivity contribution in [2.45, 2.75) is 32.1 Å². The molecule has 0 aromatic heterocycles. The highest BCUT2D eigenvalue weighted by molar-refractivity contribution is 7.92. The maximum atomic E-state index is 12.3. The van der Waals surface area contributed by atoms with E-state index in [1.807, 2.05) is 12.1 Å². The minimum atomic E-state index is -3.78. The van der Waals surface area contributed by atoms with Gasteiger partial charge in [-0.15, -0.1) is 0 Å². The maximum absolute atomic E-state index is 12.3. The highest BCUT2D eigenvalue weighted by Crippen LogP contribution is 2.23. The average Bonchev–Trinajstić information content (AvgIpc) is 2.47. The number of nitro groups is 1. The van der Waals surface area contributed by atoms with Gasteiger partial charge in [0.1, 0.15) is 0 Å². The van der Waals surface area contributed by atoms with E-state index in [2.05, 4.69) is 25.5 Å². The van der Waals surface area contributed by atoms with Crippen molar-refractivity contribution in [2.75, 3.05) is 4.72 Å². The van der Waals surface area contributed by atoms with Gasteiger partial charge in [0.05, 0.1) is 9.82 Å². The summed E-state index contributed by atoms with van der Waals surface area (Å²) in [5.41, 5.74) is 1.58. The number of non-ortho nitro benzene ring substituents is 1. The third kappa shape index (κ3) is 4.79. The van der Waals surface area contributed by atoms with Crippen LogP contribution >= 0.6 is 0 Å². The number of sulfonamides is 1. The summed E-state index contributed by atoms with van der Waals surface area (Å²) in [6.07, 6.45) is 0.891. The molecular formula is C17H20N2O4S. The Labute approximate surface area is 141 Å². The molecule has 1 N–H and O–H groups in total. The first-order valence-corrected chi connectivity index (χ1v) is 8.91. The summed E-state index contributed by atoms with van der Waals surface area (Å²) in [5, 5.41) is 10.6. The quantitative estimate of drug-likeness (QED) is 0.653. The van der Waals surface area contributed by atoms with E-state index in [0.29, 0.717) is 5.69 Å². The highest BCUT2D eigenvalue weighted by Gasteiger charge is 2.16. The molecule has 0 aliphatic heterocycles. The summed E-state index contributed by atoms with van der Waals surface area (Å²) >= 11 is 0. The first-order valence-electron chi connectivity index (χ1n) is 7.43. The molecule has 7 heteroatoms. The second-order valence-electron chi connectivity index (χ2n) is 6.79. The molecule has 0 spiro atoms. The van der Waals surface area contributed by atoms with E-state index in [0.717, 1.165) is 12.0 Å². The summed E-state index contributed by atoms with van der Waals surface area (Å²) in [6, 6.07) is 12.0. The molecule has 0 aliphatic rings. The number of benzene rings is 2. The summed E-state index contributed by atoms with van der Waals surface area (Å²) in [5.74, 6) is 0. The zero-order valence-corrected chi connectivity index (χ0v) is 14.6. The Bertz CT molecular complexity index is 820. The Hall–Kier alpha value is -2.41. The number of rotatable bonds is 5. The summed E-state index contributed by atoms with van der Waals surface area (Å²) in [6.45, 7) is 6.41. The van der Waals surface area contributed by atoms with E-state index < -0.39 is 14.9 Å². The van der Waals surface area contributed by atoms with Crippen LogP contribution < -0.4 is 4.72 Å². The lowest BCUT2D eigenvalue weighted by Crippen LogP contribution is -2.13. The van der Waals surface area contributed by atoms with Crippen molar-refractivity contribution in [1.29, 1.82) is 0 Å². The predicted octanol–water partition coefficient (Wildman–Crippen LogP) is 3.98. The minimum Gasteiger partial charge on any atom is -0.280 e. The van der Waals surface area contributed by atoms with Gasteiger partial charge in [0.15, 0.2) is 0 Å². The second kappa shape index (κ2) is 6.60. The molecule has 24 heavy (non-hydrogen) atoms. The van der Waals surface area contributed by atoms with Gasteiger partial charge in [0.25, 0.3) is 15.7 Å². The number of hydrogen-bond donors (Lipinski definition) is 1. The Morgan fingerprint density at radius 1 is 1.00 bits per heavy atom. The SMILES string of the molecule is CC(C)(C)Cc1ccc(NS(=O)(=O)c2ccc([N+](=O)[O-])cc2)cc1. The summed E-state index contributed by atoms with van der Waals surface area (Å²) < 4.78 is 27.1. The van der Waals surface area contributed by atoms with Crippen LogP contribution in [0.5, 0.6) is 0 Å². The number of nitro benzene ring substituents is 1. The zero-order valence-electron chi connectivity index (χ0n) is 13.8. The third-order valence-electron chi connectivity index (χ3n) is 3.30. The number of anilines is 1. The highest BCUT2D eigenvalue weighted by atomic mass is 32.2. The second-order valence-corrected chi connectivity index (χ2v) is 8.47. The third-order valence-corrected chi connectivity index (χ3v) is 4.70. The predicted molar refractivity (Wildman–Crippen MR) is 93.5 cm³/mol. The lowest BCUT2D eigenvalue weighted by molar-refractivity contribution is -0.384. The van der Waals surface area contributed by atoms with Crippen molar-refractivity contribution >= 4 is 21.4 Å². The van der Waals surface area contributed by atoms with Crippen LogP contribution in [0.25, 0.3) is 0 Å². The molecule has 0 radical (unpaired) electrons. The van der Waals surface area contributed by atoms with E-state index in [4.69, 9.17) is 0 Å². The molecule has 0 saturated carbocycles. The van der Waals surface area contributed by atoms with Crippen molar-refractivity contribution < 1.29 is 13.3 Å². The van der Waals surface area contributed by atoms with Gasteiger partial charge in [0, 0.05) is 17.8 Å². The van der Waals surface area contributed by atoms with Gasteiger partial charge in [-0.05, 0) is 41.7 Å². The number of nitrogens with one attached hydrogen (secondary N) is 1. The fourth-order valence-corrected chi connectivity index (χ4v) is 3.32. The Morgan fingerprint density at radius 2 is 1.54 bits per heavy atom. The van der Waals surface area contributed by atoms with Gasteiger partial charge in [-0.25, -0.2) is 8.42 Å². The Morgan fingerprint density at radius 3 is 2.00 bits per heavy atom. The molecule has 2 aromatic carbocycles. The largest absolute Gasteiger partial charge is 0.280 e. The monoisotopic (exact) mass is 348 g/mol. The molecule has 0 saturated heterocycles. The van der Waals surface area contributed by atoms with Gasteiger partial charge in [-0.1, -0.05) is 32.9 Å². The van der Waals surface area contributed by atoms with Crippen LogP contribution in [0.1, 0.15) is 26.3 Å². The lowest BCUT2D eigenvalue weighted by Gasteiger charge is -2.18. The Balaban J connectivity index is 2.15. The molecule has 0 unspecified atom stereocenters. The van der Waals surface area contributed by atoms with Gasteiger partial charge in [0.2, 0.25) is 0 Å². The van der Waals surface area contributed by atoms with Gasteiger partial charge < -0.3 is 0 Å². The average molecular weight is 348 g/mol. The smallest absolute Gasteiger partial charge is 0.269 e. The molecular weight excluding hydrogens is 328 g/mol. The fourth-order valence-electron chi connectivity index (χ4n) is 2.26. The zero-order chi connectivity index (χ0) is 18.0. The van der Waals surface area contributed by atoms with E-state index >= 15 is 0 Å². The molecule has 0 atom stereocenters. The first kappa shape index (κ1) is 17.9. The van der Waals surface area contributed by atoms with E-state index in [1.54, 1.807) is 12.1 Å². The van der Waals surface area contributed by atoms with Crippen LogP contribution in [-0.2, 0) is 16.4 Å². The molecule has 0 aliphatic carbocycles. The van der Waals surface area contributed by atoms with Crippen LogP contribution in [0.2, 0.25) is 0 Å². The standard InChI is InChI=1S/C17H20N2O4S/c1-17(2,3)12-13-4-6-14(7-5-13)18-24(22,23)16-10-8-15(9-11-16)19(20)21/h4-11,18H,12H2,1-3H3. The molecule has 2 rings (SSSR count).